The molecule has 0 saturated heterocycles. The zero-order chi connectivity index (χ0) is 8.97. The third-order valence-electron chi connectivity index (χ3n) is 1.55. The lowest BCUT2D eigenvalue weighted by Gasteiger charge is -2.14. The molecule has 1 aliphatic heterocycles. The molecule has 1 heterocycles. The molecule has 0 aromatic carbocycles. The van der Waals surface area contributed by atoms with Crippen molar-refractivity contribution in [2.24, 2.45) is 0 Å². The van der Waals surface area contributed by atoms with E-state index in [9.17, 15) is 0 Å². The van der Waals surface area contributed by atoms with Gasteiger partial charge < -0.3 is 4.84 Å². The number of hydroxylamine groups is 1. The SMILES string of the molecule is CCCCCN1NC(Br)=C(Br)O1. The third kappa shape index (κ3) is 2.95. The minimum atomic E-state index is 0.707. The van der Waals surface area contributed by atoms with E-state index in [-0.39, 0.29) is 0 Å². The Morgan fingerprint density at radius 3 is 2.67 bits per heavy atom. The smallest absolute Gasteiger partial charge is 0.223 e. The van der Waals surface area contributed by atoms with E-state index in [1.165, 1.54) is 12.8 Å². The van der Waals surface area contributed by atoms with Crippen LogP contribution >= 0.6 is 31.9 Å². The van der Waals surface area contributed by atoms with Crippen LogP contribution in [0.15, 0.2) is 9.27 Å². The number of hydrazine groups is 1. The molecule has 0 aliphatic carbocycles. The number of hydrogen-bond donors (Lipinski definition) is 1. The van der Waals surface area contributed by atoms with Gasteiger partial charge in [-0.25, -0.2) is 0 Å². The minimum absolute atomic E-state index is 0.707. The molecular formula is C7H12Br2N2O. The Kier molecular flexibility index (Phi) is 4.39. The van der Waals surface area contributed by atoms with Crippen LogP contribution in [0.2, 0.25) is 0 Å². The summed E-state index contributed by atoms with van der Waals surface area (Å²) in [7, 11) is 0. The highest BCUT2D eigenvalue weighted by atomic mass is 79.9. The molecule has 1 rings (SSSR count). The predicted octanol–water partition coefficient (Wildman–Crippen LogP) is 2.84. The maximum Gasteiger partial charge on any atom is 0.223 e. The largest absolute Gasteiger partial charge is 0.376 e. The van der Waals surface area contributed by atoms with Gasteiger partial charge in [0.2, 0.25) is 4.67 Å². The van der Waals surface area contributed by atoms with Crippen molar-refractivity contribution in [1.29, 1.82) is 0 Å². The van der Waals surface area contributed by atoms with Crippen LogP contribution in [-0.4, -0.2) is 11.7 Å². The van der Waals surface area contributed by atoms with Crippen molar-refractivity contribution in [2.45, 2.75) is 26.2 Å². The Morgan fingerprint density at radius 1 is 1.42 bits per heavy atom. The summed E-state index contributed by atoms with van der Waals surface area (Å²) in [5.74, 6) is 0. The lowest BCUT2D eigenvalue weighted by atomic mass is 10.2. The van der Waals surface area contributed by atoms with Crippen molar-refractivity contribution in [2.75, 3.05) is 6.54 Å². The molecule has 0 bridgehead atoms. The molecule has 0 saturated carbocycles. The lowest BCUT2D eigenvalue weighted by molar-refractivity contribution is -0.117. The molecule has 0 unspecified atom stereocenters. The minimum Gasteiger partial charge on any atom is -0.376 e. The van der Waals surface area contributed by atoms with Gasteiger partial charge in [0.25, 0.3) is 0 Å². The van der Waals surface area contributed by atoms with Gasteiger partial charge in [-0.2, -0.15) is 0 Å². The van der Waals surface area contributed by atoms with Crippen molar-refractivity contribution in [3.05, 3.63) is 9.27 Å². The Morgan fingerprint density at radius 2 is 2.17 bits per heavy atom. The lowest BCUT2D eigenvalue weighted by Crippen LogP contribution is -2.30. The first-order valence-corrected chi connectivity index (χ1v) is 5.60. The second-order valence-electron chi connectivity index (χ2n) is 2.60. The van der Waals surface area contributed by atoms with Crippen molar-refractivity contribution >= 4 is 31.9 Å². The summed E-state index contributed by atoms with van der Waals surface area (Å²) in [6.45, 7) is 3.08. The van der Waals surface area contributed by atoms with Crippen LogP contribution in [0, 0.1) is 0 Å². The third-order valence-corrected chi connectivity index (χ3v) is 3.16. The van der Waals surface area contributed by atoms with Gasteiger partial charge in [-0.1, -0.05) is 24.9 Å². The van der Waals surface area contributed by atoms with Crippen molar-refractivity contribution in [3.63, 3.8) is 0 Å². The van der Waals surface area contributed by atoms with Gasteiger partial charge in [0.05, 0.1) is 6.54 Å². The molecule has 0 amide bonds. The molecule has 0 spiro atoms. The molecule has 0 radical (unpaired) electrons. The molecule has 1 aliphatic rings. The summed E-state index contributed by atoms with van der Waals surface area (Å²) in [6.07, 6.45) is 3.60. The monoisotopic (exact) mass is 298 g/mol. The standard InChI is InChI=1S/C7H12Br2N2O/c1-2-3-4-5-11-10-6(8)7(9)12-11/h10H,2-5H2,1H3. The zero-order valence-electron chi connectivity index (χ0n) is 6.94. The number of rotatable bonds is 4. The molecule has 5 heteroatoms. The van der Waals surface area contributed by atoms with E-state index in [1.54, 1.807) is 5.17 Å². The summed E-state index contributed by atoms with van der Waals surface area (Å²) in [5, 5.41) is 1.71. The van der Waals surface area contributed by atoms with Crippen molar-refractivity contribution < 1.29 is 4.84 Å². The molecular weight excluding hydrogens is 288 g/mol. The fourth-order valence-electron chi connectivity index (χ4n) is 0.920. The van der Waals surface area contributed by atoms with Gasteiger partial charge in [-0.05, 0) is 38.3 Å². The summed E-state index contributed by atoms with van der Waals surface area (Å²) in [6, 6.07) is 0. The van der Waals surface area contributed by atoms with E-state index >= 15 is 0 Å². The Labute approximate surface area is 89.3 Å². The maximum atomic E-state index is 5.29. The quantitative estimate of drug-likeness (QED) is 0.638. The number of nitrogens with one attached hydrogen (secondary N) is 1. The number of hydrogen-bond acceptors (Lipinski definition) is 3. The Bertz CT molecular complexity index is 170. The van der Waals surface area contributed by atoms with Gasteiger partial charge >= 0.3 is 0 Å². The predicted molar refractivity (Wildman–Crippen MR) is 55.3 cm³/mol. The highest BCUT2D eigenvalue weighted by molar-refractivity contribution is 9.14. The van der Waals surface area contributed by atoms with Gasteiger partial charge in [0.15, 0.2) is 0 Å². The van der Waals surface area contributed by atoms with Crippen molar-refractivity contribution in [3.8, 4) is 0 Å². The van der Waals surface area contributed by atoms with E-state index in [1.807, 2.05) is 0 Å². The summed E-state index contributed by atoms with van der Waals surface area (Å²) < 4.78 is 1.55. The van der Waals surface area contributed by atoms with E-state index < -0.39 is 0 Å². The van der Waals surface area contributed by atoms with Crippen LogP contribution < -0.4 is 5.43 Å². The normalized spacial score (nSPS) is 17.9. The molecule has 0 aromatic heterocycles. The highest BCUT2D eigenvalue weighted by Crippen LogP contribution is 2.23. The second kappa shape index (κ2) is 5.09. The van der Waals surface area contributed by atoms with E-state index in [0.29, 0.717) is 4.67 Å². The van der Waals surface area contributed by atoms with Crippen LogP contribution in [0.4, 0.5) is 0 Å². The topological polar surface area (TPSA) is 24.5 Å². The average Bonchev–Trinajstić information content (AvgIpc) is 2.32. The highest BCUT2D eigenvalue weighted by Gasteiger charge is 2.18. The van der Waals surface area contributed by atoms with E-state index in [0.717, 1.165) is 17.6 Å². The number of nitrogens with zero attached hydrogens (tertiary/aromatic N) is 1. The first kappa shape index (κ1) is 10.3. The maximum absolute atomic E-state index is 5.29. The first-order chi connectivity index (χ1) is 5.74. The first-order valence-electron chi connectivity index (χ1n) is 4.01. The summed E-state index contributed by atoms with van der Waals surface area (Å²) in [5.41, 5.74) is 3.02. The van der Waals surface area contributed by atoms with Crippen LogP contribution in [0.1, 0.15) is 26.2 Å². The van der Waals surface area contributed by atoms with Crippen LogP contribution in [0.5, 0.6) is 0 Å². The fraction of sp³-hybridized carbons (Fsp3) is 0.714. The Hall–Kier alpha value is 0.260. The van der Waals surface area contributed by atoms with Gasteiger partial charge in [0, 0.05) is 0 Å². The van der Waals surface area contributed by atoms with Crippen LogP contribution in [0.25, 0.3) is 0 Å². The molecule has 3 nitrogen and oxygen atoms in total. The second-order valence-corrected chi connectivity index (χ2v) is 4.11. The summed E-state index contributed by atoms with van der Waals surface area (Å²) >= 11 is 6.57. The van der Waals surface area contributed by atoms with Gasteiger partial charge in [-0.3, -0.25) is 5.43 Å². The fourth-order valence-corrected chi connectivity index (χ4v) is 1.45. The number of unbranched alkanes of at least 4 members (excludes halogenated alkanes) is 2. The van der Waals surface area contributed by atoms with Crippen molar-refractivity contribution in [1.82, 2.24) is 10.6 Å². The van der Waals surface area contributed by atoms with E-state index in [2.05, 4.69) is 44.2 Å². The van der Waals surface area contributed by atoms with E-state index in [4.69, 9.17) is 4.84 Å². The molecule has 0 fully saturated rings. The average molecular weight is 300 g/mol. The van der Waals surface area contributed by atoms with Gasteiger partial charge in [0.1, 0.15) is 4.61 Å². The zero-order valence-corrected chi connectivity index (χ0v) is 10.1. The van der Waals surface area contributed by atoms with Gasteiger partial charge in [-0.15, -0.1) is 0 Å². The molecule has 12 heavy (non-hydrogen) atoms. The molecule has 70 valence electrons. The summed E-state index contributed by atoms with van der Waals surface area (Å²) in [4.78, 5) is 5.29. The molecule has 0 aromatic rings. The van der Waals surface area contributed by atoms with Crippen LogP contribution in [-0.2, 0) is 4.84 Å². The molecule has 0 atom stereocenters. The number of halogens is 2. The van der Waals surface area contributed by atoms with Crippen LogP contribution in [0.3, 0.4) is 0 Å². The molecule has 1 N–H and O–H groups in total. The Balaban J connectivity index is 2.15.